The minimum absolute atomic E-state index is 0.00116. The van der Waals surface area contributed by atoms with E-state index in [1.54, 1.807) is 0 Å². The van der Waals surface area contributed by atoms with E-state index in [1.807, 2.05) is 0 Å². The Labute approximate surface area is 98.2 Å². The Morgan fingerprint density at radius 3 is 2.56 bits per heavy atom. The van der Waals surface area contributed by atoms with Gasteiger partial charge in [0.1, 0.15) is 0 Å². The molecule has 3 unspecified atom stereocenters. The molecule has 0 bridgehead atoms. The van der Waals surface area contributed by atoms with Crippen LogP contribution in [0.25, 0.3) is 0 Å². The molecule has 2 fully saturated rings. The summed E-state index contributed by atoms with van der Waals surface area (Å²) in [6.45, 7) is 2.15. The highest BCUT2D eigenvalue weighted by atomic mass is 32.2. The average molecular weight is 246 g/mol. The zero-order valence-corrected chi connectivity index (χ0v) is 10.8. The molecule has 1 heterocycles. The summed E-state index contributed by atoms with van der Waals surface area (Å²) in [6.07, 6.45) is 6.05. The number of hydrogen-bond donors (Lipinski definition) is 1. The first kappa shape index (κ1) is 12.4. The lowest BCUT2D eigenvalue weighted by Crippen LogP contribution is -2.44. The molecule has 1 aliphatic carbocycles. The van der Waals surface area contributed by atoms with Crippen LogP contribution in [0, 0.1) is 11.8 Å². The van der Waals surface area contributed by atoms with Crippen LogP contribution in [0.5, 0.6) is 0 Å². The maximum atomic E-state index is 11.5. The van der Waals surface area contributed by atoms with Gasteiger partial charge in [-0.05, 0) is 24.7 Å². The minimum Gasteiger partial charge on any atom is -0.388 e. The highest BCUT2D eigenvalue weighted by molar-refractivity contribution is 7.91. The number of sulfone groups is 1. The van der Waals surface area contributed by atoms with Crippen molar-refractivity contribution in [3.05, 3.63) is 0 Å². The van der Waals surface area contributed by atoms with Gasteiger partial charge in [-0.1, -0.05) is 32.6 Å². The predicted octanol–water partition coefficient (Wildman–Crippen LogP) is 1.75. The van der Waals surface area contributed by atoms with Crippen molar-refractivity contribution in [2.75, 3.05) is 11.5 Å². The maximum Gasteiger partial charge on any atom is 0.153 e. The first-order valence-electron chi connectivity index (χ1n) is 6.40. The van der Waals surface area contributed by atoms with Crippen LogP contribution in [-0.2, 0) is 9.84 Å². The zero-order chi connectivity index (χ0) is 11.8. The van der Waals surface area contributed by atoms with Gasteiger partial charge in [0.15, 0.2) is 9.84 Å². The van der Waals surface area contributed by atoms with Gasteiger partial charge >= 0.3 is 0 Å². The lowest BCUT2D eigenvalue weighted by Gasteiger charge is -2.40. The molecule has 0 aromatic carbocycles. The SMILES string of the molecule is CCC1CCCCC1C1(O)CCS(=O)(=O)C1. The van der Waals surface area contributed by atoms with Gasteiger partial charge in [-0.15, -0.1) is 0 Å². The molecule has 0 radical (unpaired) electrons. The first-order valence-corrected chi connectivity index (χ1v) is 8.22. The fourth-order valence-electron chi connectivity index (χ4n) is 3.55. The highest BCUT2D eigenvalue weighted by Crippen LogP contribution is 2.43. The fourth-order valence-corrected chi connectivity index (χ4v) is 5.48. The molecule has 1 N–H and O–H groups in total. The van der Waals surface area contributed by atoms with Crippen LogP contribution in [0.4, 0.5) is 0 Å². The van der Waals surface area contributed by atoms with E-state index in [2.05, 4.69) is 6.92 Å². The lowest BCUT2D eigenvalue weighted by molar-refractivity contribution is -0.0372. The molecule has 1 saturated carbocycles. The summed E-state index contributed by atoms with van der Waals surface area (Å²) >= 11 is 0. The molecule has 3 atom stereocenters. The minimum atomic E-state index is -2.98. The number of hydrogen-bond acceptors (Lipinski definition) is 3. The molecule has 1 saturated heterocycles. The van der Waals surface area contributed by atoms with E-state index in [1.165, 1.54) is 6.42 Å². The molecule has 2 aliphatic rings. The summed E-state index contributed by atoms with van der Waals surface area (Å²) in [5.74, 6) is 0.910. The maximum absolute atomic E-state index is 11.5. The zero-order valence-electron chi connectivity index (χ0n) is 9.98. The monoisotopic (exact) mass is 246 g/mol. The van der Waals surface area contributed by atoms with Gasteiger partial charge in [0.05, 0.1) is 17.1 Å². The smallest absolute Gasteiger partial charge is 0.153 e. The van der Waals surface area contributed by atoms with Crippen molar-refractivity contribution >= 4 is 9.84 Å². The Balaban J connectivity index is 2.16. The van der Waals surface area contributed by atoms with Crippen LogP contribution < -0.4 is 0 Å². The molecule has 94 valence electrons. The van der Waals surface area contributed by atoms with Crippen LogP contribution in [-0.4, -0.2) is 30.6 Å². The third-order valence-electron chi connectivity index (χ3n) is 4.44. The second-order valence-electron chi connectivity index (χ2n) is 5.50. The van der Waals surface area contributed by atoms with Crippen molar-refractivity contribution in [2.45, 2.75) is 51.0 Å². The van der Waals surface area contributed by atoms with E-state index < -0.39 is 15.4 Å². The topological polar surface area (TPSA) is 54.4 Å². The third-order valence-corrected chi connectivity index (χ3v) is 6.21. The summed E-state index contributed by atoms with van der Waals surface area (Å²) in [5.41, 5.74) is -0.917. The molecule has 0 aromatic heterocycles. The van der Waals surface area contributed by atoms with Gasteiger partial charge < -0.3 is 5.11 Å². The van der Waals surface area contributed by atoms with E-state index in [9.17, 15) is 13.5 Å². The Bertz CT molecular complexity index is 349. The van der Waals surface area contributed by atoms with E-state index in [0.29, 0.717) is 12.3 Å². The van der Waals surface area contributed by atoms with Gasteiger partial charge in [0.25, 0.3) is 0 Å². The summed E-state index contributed by atoms with van der Waals surface area (Å²) in [5, 5.41) is 10.6. The van der Waals surface area contributed by atoms with Crippen LogP contribution >= 0.6 is 0 Å². The molecule has 1 aliphatic heterocycles. The molecule has 2 rings (SSSR count). The normalized spacial score (nSPS) is 43.4. The van der Waals surface area contributed by atoms with Crippen LogP contribution in [0.1, 0.15) is 45.4 Å². The van der Waals surface area contributed by atoms with Crippen molar-refractivity contribution in [1.29, 1.82) is 0 Å². The van der Waals surface area contributed by atoms with Gasteiger partial charge in [-0.3, -0.25) is 0 Å². The molecule has 0 aromatic rings. The van der Waals surface area contributed by atoms with E-state index in [-0.39, 0.29) is 17.4 Å². The Morgan fingerprint density at radius 1 is 1.31 bits per heavy atom. The predicted molar refractivity (Wildman–Crippen MR) is 64.0 cm³/mol. The van der Waals surface area contributed by atoms with Crippen molar-refractivity contribution in [2.24, 2.45) is 11.8 Å². The molecule has 0 amide bonds. The van der Waals surface area contributed by atoms with Crippen molar-refractivity contribution in [1.82, 2.24) is 0 Å². The van der Waals surface area contributed by atoms with E-state index in [4.69, 9.17) is 0 Å². The van der Waals surface area contributed by atoms with Crippen LogP contribution in [0.2, 0.25) is 0 Å². The van der Waals surface area contributed by atoms with Crippen molar-refractivity contribution in [3.8, 4) is 0 Å². The van der Waals surface area contributed by atoms with Crippen LogP contribution in [0.3, 0.4) is 0 Å². The Kier molecular flexibility index (Phi) is 3.32. The quantitative estimate of drug-likeness (QED) is 0.807. The summed E-state index contributed by atoms with van der Waals surface area (Å²) in [7, 11) is -2.98. The Morgan fingerprint density at radius 2 is 2.00 bits per heavy atom. The second-order valence-corrected chi connectivity index (χ2v) is 7.69. The highest BCUT2D eigenvalue weighted by Gasteiger charge is 2.48. The van der Waals surface area contributed by atoms with Gasteiger partial charge in [-0.2, -0.15) is 0 Å². The largest absolute Gasteiger partial charge is 0.388 e. The van der Waals surface area contributed by atoms with E-state index >= 15 is 0 Å². The average Bonchev–Trinajstić information content (AvgIpc) is 2.54. The van der Waals surface area contributed by atoms with Crippen molar-refractivity contribution in [3.63, 3.8) is 0 Å². The second kappa shape index (κ2) is 4.30. The van der Waals surface area contributed by atoms with Gasteiger partial charge in [0, 0.05) is 0 Å². The van der Waals surface area contributed by atoms with Gasteiger partial charge in [-0.25, -0.2) is 8.42 Å². The summed E-state index contributed by atoms with van der Waals surface area (Å²) in [6, 6.07) is 0. The fraction of sp³-hybridized carbons (Fsp3) is 1.00. The lowest BCUT2D eigenvalue weighted by atomic mass is 9.69. The Hall–Kier alpha value is -0.0900. The molecular weight excluding hydrogens is 224 g/mol. The van der Waals surface area contributed by atoms with Crippen molar-refractivity contribution < 1.29 is 13.5 Å². The molecule has 4 heteroatoms. The van der Waals surface area contributed by atoms with E-state index in [0.717, 1.165) is 25.7 Å². The summed E-state index contributed by atoms with van der Waals surface area (Å²) < 4.78 is 23.0. The molecular formula is C12H22O3S. The number of rotatable bonds is 2. The number of aliphatic hydroxyl groups is 1. The third kappa shape index (κ3) is 2.28. The first-order chi connectivity index (χ1) is 7.47. The van der Waals surface area contributed by atoms with Gasteiger partial charge in [0.2, 0.25) is 0 Å². The molecule has 16 heavy (non-hydrogen) atoms. The molecule has 0 spiro atoms. The van der Waals surface area contributed by atoms with Crippen LogP contribution in [0.15, 0.2) is 0 Å². The molecule has 3 nitrogen and oxygen atoms in total. The standard InChI is InChI=1S/C12H22O3S/c1-2-10-5-3-4-6-11(10)12(13)7-8-16(14,15)9-12/h10-11,13H,2-9H2,1H3. The summed E-state index contributed by atoms with van der Waals surface area (Å²) in [4.78, 5) is 0.